The van der Waals surface area contributed by atoms with Gasteiger partial charge in [0, 0.05) is 20.3 Å². The Balaban J connectivity index is 2.79. The number of nitrogens with one attached hydrogen (secondary N) is 1. The first kappa shape index (κ1) is 15.0. The molecule has 0 aliphatic carbocycles. The first-order valence-electron chi connectivity index (χ1n) is 5.03. The highest BCUT2D eigenvalue weighted by Crippen LogP contribution is 2.20. The number of carbonyl (C=O) groups is 1. The maximum atomic E-state index is 11.9. The minimum Gasteiger partial charge on any atom is -0.464 e. The molecule has 0 spiro atoms. The van der Waals surface area contributed by atoms with Crippen LogP contribution in [0.25, 0.3) is 0 Å². The lowest BCUT2D eigenvalue weighted by Gasteiger charge is -2.05. The van der Waals surface area contributed by atoms with Gasteiger partial charge in [0.15, 0.2) is 9.90 Å². The number of methoxy groups -OCH3 is 2. The highest BCUT2D eigenvalue weighted by Gasteiger charge is 2.25. The molecule has 1 heterocycles. The van der Waals surface area contributed by atoms with Crippen LogP contribution in [0.4, 0.5) is 0 Å². The number of ether oxygens (including phenoxy) is 2. The number of aromatic nitrogens is 1. The van der Waals surface area contributed by atoms with Gasteiger partial charge in [-0.2, -0.15) is 0 Å². The third kappa shape index (κ3) is 3.73. The molecule has 7 nitrogen and oxygen atoms in total. The predicted molar refractivity (Wildman–Crippen MR) is 65.1 cm³/mol. The quantitative estimate of drug-likeness (QED) is 0.572. The smallest absolute Gasteiger partial charge is 0.358 e. The Bertz CT molecular complexity index is 497. The summed E-state index contributed by atoms with van der Waals surface area (Å²) in [7, 11) is -1.03. The molecule has 0 amide bonds. The van der Waals surface area contributed by atoms with Crippen molar-refractivity contribution >= 4 is 27.3 Å². The molecule has 0 atom stereocenters. The maximum absolute atomic E-state index is 11.9. The number of hydrogen-bond acceptors (Lipinski definition) is 7. The van der Waals surface area contributed by atoms with Gasteiger partial charge >= 0.3 is 5.97 Å². The van der Waals surface area contributed by atoms with Crippen LogP contribution in [-0.2, 0) is 19.5 Å². The lowest BCUT2D eigenvalue weighted by molar-refractivity contribution is 0.0590. The molecule has 0 aromatic carbocycles. The normalized spacial score (nSPS) is 11.4. The molecule has 1 aromatic rings. The molecule has 0 aliphatic heterocycles. The SMILES string of the molecule is COCCCNS(=O)(=O)c1scnc1C(=O)OC. The van der Waals surface area contributed by atoms with Gasteiger partial charge in [0.1, 0.15) is 0 Å². The summed E-state index contributed by atoms with van der Waals surface area (Å²) in [5.41, 5.74) is 1.09. The second-order valence-corrected chi connectivity index (χ2v) is 6.04. The highest BCUT2D eigenvalue weighted by molar-refractivity contribution is 7.91. The Labute approximate surface area is 109 Å². The minimum absolute atomic E-state index is 0.133. The van der Waals surface area contributed by atoms with Gasteiger partial charge in [0.2, 0.25) is 0 Å². The van der Waals surface area contributed by atoms with Gasteiger partial charge in [-0.3, -0.25) is 0 Å². The second-order valence-electron chi connectivity index (χ2n) is 3.22. The molecule has 18 heavy (non-hydrogen) atoms. The standard InChI is InChI=1S/C9H14N2O5S2/c1-15-5-3-4-11-18(13,14)9-7(8(12)16-2)10-6-17-9/h6,11H,3-5H2,1-2H3. The average Bonchev–Trinajstić information content (AvgIpc) is 2.83. The van der Waals surface area contributed by atoms with Gasteiger partial charge in [-0.15, -0.1) is 11.3 Å². The first-order valence-corrected chi connectivity index (χ1v) is 7.39. The molecule has 1 aromatic heterocycles. The predicted octanol–water partition coefficient (Wildman–Crippen LogP) is 0.245. The van der Waals surface area contributed by atoms with Crippen LogP contribution in [0.1, 0.15) is 16.9 Å². The summed E-state index contributed by atoms with van der Waals surface area (Å²) < 4.78 is 35.3. The highest BCUT2D eigenvalue weighted by atomic mass is 32.2. The second kappa shape index (κ2) is 6.78. The summed E-state index contributed by atoms with van der Waals surface area (Å²) in [4.78, 5) is 15.0. The van der Waals surface area contributed by atoms with E-state index in [1.54, 1.807) is 0 Å². The Morgan fingerprint density at radius 3 is 2.83 bits per heavy atom. The van der Waals surface area contributed by atoms with Crippen molar-refractivity contribution in [2.24, 2.45) is 0 Å². The number of sulfonamides is 1. The van der Waals surface area contributed by atoms with E-state index in [1.807, 2.05) is 0 Å². The van der Waals surface area contributed by atoms with Crippen LogP contribution in [0.2, 0.25) is 0 Å². The maximum Gasteiger partial charge on any atom is 0.358 e. The van der Waals surface area contributed by atoms with Crippen molar-refractivity contribution in [2.75, 3.05) is 27.4 Å². The van der Waals surface area contributed by atoms with E-state index in [1.165, 1.54) is 19.7 Å². The zero-order chi connectivity index (χ0) is 13.6. The van der Waals surface area contributed by atoms with E-state index < -0.39 is 16.0 Å². The fourth-order valence-electron chi connectivity index (χ4n) is 1.15. The number of rotatable bonds is 7. The number of nitrogens with zero attached hydrogens (tertiary/aromatic N) is 1. The largest absolute Gasteiger partial charge is 0.464 e. The lowest BCUT2D eigenvalue weighted by Crippen LogP contribution is -2.26. The van der Waals surface area contributed by atoms with Crippen molar-refractivity contribution in [1.29, 1.82) is 0 Å². The third-order valence-corrected chi connectivity index (χ3v) is 4.81. The molecule has 0 radical (unpaired) electrons. The topological polar surface area (TPSA) is 94.6 Å². The summed E-state index contributed by atoms with van der Waals surface area (Å²) >= 11 is 0.870. The van der Waals surface area contributed by atoms with Crippen LogP contribution in [0.15, 0.2) is 9.72 Å². The number of esters is 1. The molecule has 0 saturated carbocycles. The van der Waals surface area contributed by atoms with Crippen LogP contribution in [0, 0.1) is 0 Å². The molecule has 9 heteroatoms. The molecule has 0 unspecified atom stereocenters. The van der Waals surface area contributed by atoms with E-state index in [2.05, 4.69) is 14.4 Å². The van der Waals surface area contributed by atoms with E-state index in [4.69, 9.17) is 4.74 Å². The van der Waals surface area contributed by atoms with Crippen LogP contribution in [-0.4, -0.2) is 46.7 Å². The molecular weight excluding hydrogens is 280 g/mol. The summed E-state index contributed by atoms with van der Waals surface area (Å²) in [6, 6.07) is 0. The van der Waals surface area contributed by atoms with Crippen LogP contribution < -0.4 is 4.72 Å². The summed E-state index contributed by atoms with van der Waals surface area (Å²) in [6.07, 6.45) is 0.544. The minimum atomic E-state index is -3.73. The first-order chi connectivity index (χ1) is 8.53. The Morgan fingerprint density at radius 1 is 1.50 bits per heavy atom. The van der Waals surface area contributed by atoms with E-state index in [0.717, 1.165) is 11.3 Å². The molecule has 1 N–H and O–H groups in total. The van der Waals surface area contributed by atoms with Gasteiger partial charge in [-0.25, -0.2) is 22.9 Å². The van der Waals surface area contributed by atoms with E-state index in [-0.39, 0.29) is 16.4 Å². The third-order valence-electron chi connectivity index (χ3n) is 1.98. The number of hydrogen-bond donors (Lipinski definition) is 1. The van der Waals surface area contributed by atoms with E-state index in [9.17, 15) is 13.2 Å². The van der Waals surface area contributed by atoms with Gasteiger partial charge in [-0.05, 0) is 6.42 Å². The molecule has 102 valence electrons. The Morgan fingerprint density at radius 2 is 2.22 bits per heavy atom. The molecule has 1 rings (SSSR count). The zero-order valence-corrected chi connectivity index (χ0v) is 11.6. The van der Waals surface area contributed by atoms with E-state index >= 15 is 0 Å². The van der Waals surface area contributed by atoms with Crippen LogP contribution in [0.3, 0.4) is 0 Å². The van der Waals surface area contributed by atoms with Crippen molar-refractivity contribution in [3.8, 4) is 0 Å². The zero-order valence-electron chi connectivity index (χ0n) is 10.0. The van der Waals surface area contributed by atoms with Crippen molar-refractivity contribution in [3.05, 3.63) is 11.2 Å². The lowest BCUT2D eigenvalue weighted by atomic mass is 10.5. The summed E-state index contributed by atoms with van der Waals surface area (Å²) in [5.74, 6) is -0.770. The number of thiazole rings is 1. The van der Waals surface area contributed by atoms with E-state index in [0.29, 0.717) is 13.0 Å². The summed E-state index contributed by atoms with van der Waals surface area (Å²) in [5, 5.41) is 0. The van der Waals surface area contributed by atoms with Crippen molar-refractivity contribution in [3.63, 3.8) is 0 Å². The molecule has 0 aliphatic rings. The molecule has 0 fully saturated rings. The summed E-state index contributed by atoms with van der Waals surface area (Å²) in [6.45, 7) is 0.684. The van der Waals surface area contributed by atoms with Crippen molar-refractivity contribution in [2.45, 2.75) is 10.6 Å². The monoisotopic (exact) mass is 294 g/mol. The van der Waals surface area contributed by atoms with Crippen molar-refractivity contribution < 1.29 is 22.7 Å². The molecular formula is C9H14N2O5S2. The van der Waals surface area contributed by atoms with Gasteiger partial charge in [0.05, 0.1) is 12.6 Å². The van der Waals surface area contributed by atoms with Gasteiger partial charge < -0.3 is 9.47 Å². The fourth-order valence-corrected chi connectivity index (χ4v) is 3.40. The Kier molecular flexibility index (Phi) is 5.66. The van der Waals surface area contributed by atoms with Crippen LogP contribution in [0.5, 0.6) is 0 Å². The van der Waals surface area contributed by atoms with Gasteiger partial charge in [0.25, 0.3) is 10.0 Å². The Hall–Kier alpha value is -1.03. The fraction of sp³-hybridized carbons (Fsp3) is 0.556. The molecule has 0 bridgehead atoms. The number of carbonyl (C=O) groups excluding carboxylic acids is 1. The molecule has 0 saturated heterocycles. The van der Waals surface area contributed by atoms with Crippen molar-refractivity contribution in [1.82, 2.24) is 9.71 Å². The van der Waals surface area contributed by atoms with Gasteiger partial charge in [-0.1, -0.05) is 0 Å². The van der Waals surface area contributed by atoms with Crippen LogP contribution >= 0.6 is 11.3 Å². The average molecular weight is 294 g/mol.